The van der Waals surface area contributed by atoms with E-state index >= 15 is 0 Å². The van der Waals surface area contributed by atoms with Gasteiger partial charge in [0.05, 0.1) is 0 Å². The van der Waals surface area contributed by atoms with E-state index in [1.807, 2.05) is 11.8 Å². The Labute approximate surface area is 111 Å². The quantitative estimate of drug-likeness (QED) is 0.824. The Kier molecular flexibility index (Phi) is 5.87. The molecule has 0 saturated heterocycles. The number of rotatable bonds is 5. The third-order valence-electron chi connectivity index (χ3n) is 2.39. The van der Waals surface area contributed by atoms with Gasteiger partial charge in [0.2, 0.25) is 0 Å². The largest absolute Gasteiger partial charge is 0.327 e. The smallest absolute Gasteiger partial charge is 0.0178 e. The molecular weight excluding hydrogens is 282 g/mol. The maximum atomic E-state index is 6.03. The van der Waals surface area contributed by atoms with Crippen LogP contribution >= 0.6 is 27.7 Å². The molecule has 1 rings (SSSR count). The molecule has 90 valence electrons. The fourth-order valence-electron chi connectivity index (χ4n) is 1.50. The molecule has 0 radical (unpaired) electrons. The van der Waals surface area contributed by atoms with Crippen molar-refractivity contribution in [1.82, 2.24) is 0 Å². The molecule has 0 bridgehead atoms. The molecule has 1 atom stereocenters. The lowest BCUT2D eigenvalue weighted by atomic mass is 10.1. The second-order valence-electron chi connectivity index (χ2n) is 4.29. The first-order valence-corrected chi connectivity index (χ1v) is 7.40. The molecule has 16 heavy (non-hydrogen) atoms. The van der Waals surface area contributed by atoms with Gasteiger partial charge in [-0.25, -0.2) is 0 Å². The first-order chi connectivity index (χ1) is 7.52. The Morgan fingerprint density at radius 3 is 2.62 bits per heavy atom. The molecule has 2 N–H and O–H groups in total. The van der Waals surface area contributed by atoms with Crippen LogP contribution in [-0.2, 0) is 6.42 Å². The van der Waals surface area contributed by atoms with E-state index in [1.165, 1.54) is 10.5 Å². The molecule has 1 aromatic rings. The van der Waals surface area contributed by atoms with E-state index in [2.05, 4.69) is 54.9 Å². The maximum absolute atomic E-state index is 6.03. The van der Waals surface area contributed by atoms with Gasteiger partial charge in [-0.05, 0) is 36.6 Å². The van der Waals surface area contributed by atoms with Crippen molar-refractivity contribution in [3.05, 3.63) is 28.2 Å². The summed E-state index contributed by atoms with van der Waals surface area (Å²) in [5.74, 6) is 0. The van der Waals surface area contributed by atoms with E-state index in [9.17, 15) is 0 Å². The number of hydrogen-bond donors (Lipinski definition) is 1. The average molecular weight is 302 g/mol. The summed E-state index contributed by atoms with van der Waals surface area (Å²) in [5.41, 5.74) is 7.39. The van der Waals surface area contributed by atoms with Crippen LogP contribution in [0.2, 0.25) is 0 Å². The van der Waals surface area contributed by atoms with Crippen LogP contribution in [0.15, 0.2) is 27.6 Å². The summed E-state index contributed by atoms with van der Waals surface area (Å²) < 4.78 is 1.14. The monoisotopic (exact) mass is 301 g/mol. The fourth-order valence-corrected chi connectivity index (χ4v) is 2.86. The summed E-state index contributed by atoms with van der Waals surface area (Å²) in [5, 5.41) is 0.609. The molecule has 1 nitrogen and oxygen atoms in total. The van der Waals surface area contributed by atoms with Crippen molar-refractivity contribution >= 4 is 27.7 Å². The Balaban J connectivity index is 2.89. The highest BCUT2D eigenvalue weighted by atomic mass is 79.9. The number of halogens is 1. The number of hydrogen-bond acceptors (Lipinski definition) is 2. The van der Waals surface area contributed by atoms with Gasteiger partial charge in [-0.3, -0.25) is 0 Å². The van der Waals surface area contributed by atoms with Crippen LogP contribution in [0.25, 0.3) is 0 Å². The van der Waals surface area contributed by atoms with E-state index in [0.717, 1.165) is 17.3 Å². The van der Waals surface area contributed by atoms with Gasteiger partial charge in [-0.2, -0.15) is 0 Å². The van der Waals surface area contributed by atoms with Crippen molar-refractivity contribution in [1.29, 1.82) is 0 Å². The maximum Gasteiger partial charge on any atom is 0.0178 e. The van der Waals surface area contributed by atoms with E-state index in [0.29, 0.717) is 5.25 Å². The van der Waals surface area contributed by atoms with E-state index in [-0.39, 0.29) is 6.04 Å². The van der Waals surface area contributed by atoms with Crippen molar-refractivity contribution in [3.8, 4) is 0 Å². The molecule has 0 aliphatic carbocycles. The zero-order valence-electron chi connectivity index (χ0n) is 10.2. The van der Waals surface area contributed by atoms with Gasteiger partial charge in [0.1, 0.15) is 0 Å². The normalized spacial score (nSPS) is 13.1. The van der Waals surface area contributed by atoms with Crippen molar-refractivity contribution in [3.63, 3.8) is 0 Å². The lowest BCUT2D eigenvalue weighted by Crippen LogP contribution is -2.21. The van der Waals surface area contributed by atoms with Gasteiger partial charge in [0, 0.05) is 20.7 Å². The molecule has 0 aromatic heterocycles. The predicted molar refractivity (Wildman–Crippen MR) is 77.1 cm³/mol. The van der Waals surface area contributed by atoms with Crippen LogP contribution in [0.1, 0.15) is 32.8 Å². The van der Waals surface area contributed by atoms with Gasteiger partial charge in [-0.1, -0.05) is 36.7 Å². The molecule has 0 fully saturated rings. The zero-order valence-corrected chi connectivity index (χ0v) is 12.6. The topological polar surface area (TPSA) is 26.0 Å². The van der Waals surface area contributed by atoms with Gasteiger partial charge in [0.25, 0.3) is 0 Å². The molecule has 3 heteroatoms. The van der Waals surface area contributed by atoms with E-state index in [1.54, 1.807) is 0 Å². The summed E-state index contributed by atoms with van der Waals surface area (Å²) in [4.78, 5) is 1.36. The van der Waals surface area contributed by atoms with Gasteiger partial charge in [0.15, 0.2) is 0 Å². The Morgan fingerprint density at radius 2 is 2.06 bits per heavy atom. The molecule has 0 aliphatic rings. The second-order valence-corrected chi connectivity index (χ2v) is 6.83. The Morgan fingerprint density at radius 1 is 1.38 bits per heavy atom. The molecule has 1 aromatic carbocycles. The standard InChI is InChI=1S/C13H20BrNS/c1-4-12(15)8-10-7-11(14)5-6-13(10)16-9(2)3/h5-7,9,12H,4,8,15H2,1-3H3. The van der Waals surface area contributed by atoms with Crippen molar-refractivity contribution < 1.29 is 0 Å². The Hall–Kier alpha value is 0.01000. The first kappa shape index (κ1) is 14.1. The summed E-state index contributed by atoms with van der Waals surface area (Å²) in [7, 11) is 0. The fraction of sp³-hybridized carbons (Fsp3) is 0.538. The van der Waals surface area contributed by atoms with Crippen LogP contribution in [0.3, 0.4) is 0 Å². The van der Waals surface area contributed by atoms with Crippen LogP contribution in [-0.4, -0.2) is 11.3 Å². The lowest BCUT2D eigenvalue weighted by Gasteiger charge is -2.15. The summed E-state index contributed by atoms with van der Waals surface area (Å²) in [6.45, 7) is 6.57. The first-order valence-electron chi connectivity index (χ1n) is 5.73. The SMILES string of the molecule is CCC(N)Cc1cc(Br)ccc1SC(C)C. The summed E-state index contributed by atoms with van der Waals surface area (Å²) in [6, 6.07) is 6.75. The molecule has 0 heterocycles. The number of thioether (sulfide) groups is 1. The molecule has 0 saturated carbocycles. The Bertz CT molecular complexity index is 339. The van der Waals surface area contributed by atoms with Crippen LogP contribution in [0, 0.1) is 0 Å². The van der Waals surface area contributed by atoms with Crippen molar-refractivity contribution in [2.24, 2.45) is 5.73 Å². The minimum absolute atomic E-state index is 0.265. The minimum atomic E-state index is 0.265. The molecule has 1 unspecified atom stereocenters. The van der Waals surface area contributed by atoms with Crippen LogP contribution < -0.4 is 5.73 Å². The predicted octanol–water partition coefficient (Wildman–Crippen LogP) is 4.23. The molecule has 0 amide bonds. The van der Waals surface area contributed by atoms with Crippen molar-refractivity contribution in [2.75, 3.05) is 0 Å². The average Bonchev–Trinajstić information content (AvgIpc) is 2.21. The summed E-state index contributed by atoms with van der Waals surface area (Å²) >= 11 is 5.43. The van der Waals surface area contributed by atoms with Crippen molar-refractivity contribution in [2.45, 2.75) is 49.8 Å². The molecular formula is C13H20BrNS. The van der Waals surface area contributed by atoms with Crippen LogP contribution in [0.4, 0.5) is 0 Å². The molecule has 0 spiro atoms. The highest BCUT2D eigenvalue weighted by molar-refractivity contribution is 9.10. The van der Waals surface area contributed by atoms with E-state index in [4.69, 9.17) is 5.73 Å². The highest BCUT2D eigenvalue weighted by Crippen LogP contribution is 2.29. The van der Waals surface area contributed by atoms with Gasteiger partial charge >= 0.3 is 0 Å². The summed E-state index contributed by atoms with van der Waals surface area (Å²) in [6.07, 6.45) is 1.99. The lowest BCUT2D eigenvalue weighted by molar-refractivity contribution is 0.641. The number of benzene rings is 1. The zero-order chi connectivity index (χ0) is 12.1. The van der Waals surface area contributed by atoms with Gasteiger partial charge in [-0.15, -0.1) is 11.8 Å². The van der Waals surface area contributed by atoms with E-state index < -0.39 is 0 Å². The second kappa shape index (κ2) is 6.67. The minimum Gasteiger partial charge on any atom is -0.327 e. The van der Waals surface area contributed by atoms with Crippen LogP contribution in [0.5, 0.6) is 0 Å². The highest BCUT2D eigenvalue weighted by Gasteiger charge is 2.09. The third-order valence-corrected chi connectivity index (χ3v) is 4.01. The third kappa shape index (κ3) is 4.48. The van der Waals surface area contributed by atoms with Gasteiger partial charge < -0.3 is 5.73 Å². The molecule has 0 aliphatic heterocycles. The number of nitrogens with two attached hydrogens (primary N) is 1.